The normalized spacial score (nSPS) is 16.8. The molecule has 18 heavy (non-hydrogen) atoms. The van der Waals surface area contributed by atoms with E-state index < -0.39 is 0 Å². The zero-order valence-electron chi connectivity index (χ0n) is 10.6. The lowest BCUT2D eigenvalue weighted by molar-refractivity contribution is -0.135. The molecule has 0 aromatic carbocycles. The zero-order valence-corrected chi connectivity index (χ0v) is 10.6. The molecule has 98 valence electrons. The summed E-state index contributed by atoms with van der Waals surface area (Å²) in [6.07, 6.45) is 4.56. The van der Waals surface area contributed by atoms with Crippen LogP contribution in [0.2, 0.25) is 0 Å². The number of ether oxygens (including phenoxy) is 1. The van der Waals surface area contributed by atoms with Crippen molar-refractivity contribution < 1.29 is 9.53 Å². The van der Waals surface area contributed by atoms with E-state index in [1.165, 1.54) is 0 Å². The van der Waals surface area contributed by atoms with E-state index >= 15 is 0 Å². The minimum Gasteiger partial charge on any atom is -0.481 e. The Hall–Kier alpha value is -1.62. The van der Waals surface area contributed by atoms with Crippen molar-refractivity contribution in [1.82, 2.24) is 10.3 Å². The molecule has 0 atom stereocenters. The van der Waals surface area contributed by atoms with E-state index in [-0.39, 0.29) is 11.3 Å². The van der Waals surface area contributed by atoms with Gasteiger partial charge in [0.2, 0.25) is 11.8 Å². The first-order valence-electron chi connectivity index (χ1n) is 6.17. The van der Waals surface area contributed by atoms with Gasteiger partial charge < -0.3 is 15.8 Å². The molecule has 1 fully saturated rings. The molecular formula is C13H19N3O2. The summed E-state index contributed by atoms with van der Waals surface area (Å²) in [7, 11) is 1.57. The summed E-state index contributed by atoms with van der Waals surface area (Å²) in [5.41, 5.74) is 6.34. The number of nitrogens with zero attached hydrogens (tertiary/aromatic N) is 1. The van der Waals surface area contributed by atoms with Crippen LogP contribution in [0.1, 0.15) is 24.8 Å². The van der Waals surface area contributed by atoms with Crippen molar-refractivity contribution in [1.29, 1.82) is 0 Å². The number of aromatic nitrogens is 1. The van der Waals surface area contributed by atoms with Crippen LogP contribution in [-0.2, 0) is 11.3 Å². The fourth-order valence-electron chi connectivity index (χ4n) is 2.17. The predicted molar refractivity (Wildman–Crippen MR) is 68.0 cm³/mol. The van der Waals surface area contributed by atoms with Crippen molar-refractivity contribution in [3.05, 3.63) is 23.9 Å². The van der Waals surface area contributed by atoms with Gasteiger partial charge in [-0.2, -0.15) is 0 Å². The summed E-state index contributed by atoms with van der Waals surface area (Å²) < 4.78 is 5.04. The van der Waals surface area contributed by atoms with Crippen LogP contribution < -0.4 is 15.8 Å². The first-order chi connectivity index (χ1) is 8.70. The molecule has 0 bridgehead atoms. The van der Waals surface area contributed by atoms with Crippen molar-refractivity contribution in [3.8, 4) is 5.88 Å². The third-order valence-corrected chi connectivity index (χ3v) is 3.64. The van der Waals surface area contributed by atoms with E-state index in [0.29, 0.717) is 19.0 Å². The van der Waals surface area contributed by atoms with Crippen molar-refractivity contribution >= 4 is 5.91 Å². The molecule has 5 heteroatoms. The van der Waals surface area contributed by atoms with Gasteiger partial charge in [-0.3, -0.25) is 4.79 Å². The van der Waals surface area contributed by atoms with Crippen LogP contribution in [-0.4, -0.2) is 24.5 Å². The number of pyridine rings is 1. The molecule has 1 heterocycles. The maximum absolute atomic E-state index is 12.1. The highest BCUT2D eigenvalue weighted by atomic mass is 16.5. The van der Waals surface area contributed by atoms with E-state index in [1.807, 2.05) is 12.1 Å². The van der Waals surface area contributed by atoms with Crippen molar-refractivity contribution in [2.24, 2.45) is 11.1 Å². The number of hydrogen-bond donors (Lipinski definition) is 2. The number of nitrogens with two attached hydrogens (primary N) is 1. The first kappa shape index (κ1) is 12.8. The molecule has 3 N–H and O–H groups in total. The molecule has 1 aliphatic carbocycles. The Kier molecular flexibility index (Phi) is 3.81. The van der Waals surface area contributed by atoms with Gasteiger partial charge in [0.1, 0.15) is 0 Å². The van der Waals surface area contributed by atoms with E-state index in [0.717, 1.165) is 24.8 Å². The lowest BCUT2D eigenvalue weighted by Gasteiger charge is -2.39. The maximum Gasteiger partial charge on any atom is 0.227 e. The van der Waals surface area contributed by atoms with E-state index in [1.54, 1.807) is 13.3 Å². The number of rotatable bonds is 5. The van der Waals surface area contributed by atoms with Gasteiger partial charge in [0, 0.05) is 25.4 Å². The second-order valence-electron chi connectivity index (χ2n) is 4.73. The summed E-state index contributed by atoms with van der Waals surface area (Å²) in [5.74, 6) is 0.617. The maximum atomic E-state index is 12.1. The summed E-state index contributed by atoms with van der Waals surface area (Å²) in [5, 5.41) is 2.94. The molecule has 0 spiro atoms. The van der Waals surface area contributed by atoms with Gasteiger partial charge in [0.05, 0.1) is 12.5 Å². The standard InChI is InChI=1S/C13H19N3O2/c1-18-11-7-10(3-6-15-11)8-16-12(17)13(9-14)4-2-5-13/h3,6-7H,2,4-5,8-9,14H2,1H3,(H,16,17). The fraction of sp³-hybridized carbons (Fsp3) is 0.538. The van der Waals surface area contributed by atoms with Crippen molar-refractivity contribution in [2.45, 2.75) is 25.8 Å². The average molecular weight is 249 g/mol. The molecule has 0 aliphatic heterocycles. The van der Waals surface area contributed by atoms with E-state index in [2.05, 4.69) is 10.3 Å². The van der Waals surface area contributed by atoms with Gasteiger partial charge in [0.25, 0.3) is 0 Å². The van der Waals surface area contributed by atoms with Crippen LogP contribution in [0.4, 0.5) is 0 Å². The van der Waals surface area contributed by atoms with Crippen LogP contribution in [0.3, 0.4) is 0 Å². The van der Waals surface area contributed by atoms with Crippen LogP contribution in [0.15, 0.2) is 18.3 Å². The molecule has 1 saturated carbocycles. The summed E-state index contributed by atoms with van der Waals surface area (Å²) in [6, 6.07) is 3.68. The summed E-state index contributed by atoms with van der Waals surface area (Å²) in [6.45, 7) is 0.915. The third-order valence-electron chi connectivity index (χ3n) is 3.64. The molecule has 0 radical (unpaired) electrons. The molecule has 5 nitrogen and oxygen atoms in total. The topological polar surface area (TPSA) is 77.2 Å². The quantitative estimate of drug-likeness (QED) is 0.810. The molecule has 1 amide bonds. The third kappa shape index (κ3) is 2.46. The van der Waals surface area contributed by atoms with Crippen LogP contribution in [0.5, 0.6) is 5.88 Å². The number of methoxy groups -OCH3 is 1. The minimum atomic E-state index is -0.322. The van der Waals surface area contributed by atoms with Crippen LogP contribution >= 0.6 is 0 Å². The van der Waals surface area contributed by atoms with Gasteiger partial charge in [-0.05, 0) is 24.5 Å². The second kappa shape index (κ2) is 5.35. The lowest BCUT2D eigenvalue weighted by Crippen LogP contribution is -2.50. The Morgan fingerprint density at radius 1 is 1.61 bits per heavy atom. The van der Waals surface area contributed by atoms with E-state index in [4.69, 9.17) is 10.5 Å². The molecular weight excluding hydrogens is 230 g/mol. The first-order valence-corrected chi connectivity index (χ1v) is 6.17. The van der Waals surface area contributed by atoms with Gasteiger partial charge in [-0.1, -0.05) is 6.42 Å². The molecule has 0 unspecified atom stereocenters. The molecule has 1 aromatic heterocycles. The largest absolute Gasteiger partial charge is 0.481 e. The zero-order chi connectivity index (χ0) is 13.0. The van der Waals surface area contributed by atoms with Gasteiger partial charge in [0.15, 0.2) is 0 Å². The lowest BCUT2D eigenvalue weighted by atomic mass is 9.68. The highest BCUT2D eigenvalue weighted by molar-refractivity contribution is 5.83. The van der Waals surface area contributed by atoms with Crippen LogP contribution in [0, 0.1) is 5.41 Å². The van der Waals surface area contributed by atoms with Crippen molar-refractivity contribution in [3.63, 3.8) is 0 Å². The number of carbonyl (C=O) groups excluding carboxylic acids is 1. The Balaban J connectivity index is 1.92. The van der Waals surface area contributed by atoms with E-state index in [9.17, 15) is 4.79 Å². The van der Waals surface area contributed by atoms with Gasteiger partial charge in [-0.25, -0.2) is 4.98 Å². The summed E-state index contributed by atoms with van der Waals surface area (Å²) >= 11 is 0. The monoisotopic (exact) mass is 249 g/mol. The molecule has 1 aliphatic rings. The summed E-state index contributed by atoms with van der Waals surface area (Å²) in [4.78, 5) is 16.1. The SMILES string of the molecule is COc1cc(CNC(=O)C2(CN)CCC2)ccn1. The number of nitrogens with one attached hydrogen (secondary N) is 1. The molecule has 2 rings (SSSR count). The Morgan fingerprint density at radius 3 is 2.94 bits per heavy atom. The van der Waals surface area contributed by atoms with Crippen LogP contribution in [0.25, 0.3) is 0 Å². The molecule has 1 aromatic rings. The Labute approximate surface area is 107 Å². The minimum absolute atomic E-state index is 0.0621. The fourth-order valence-corrected chi connectivity index (χ4v) is 2.17. The Morgan fingerprint density at radius 2 is 2.39 bits per heavy atom. The van der Waals surface area contributed by atoms with Crippen molar-refractivity contribution in [2.75, 3.05) is 13.7 Å². The highest BCUT2D eigenvalue weighted by Gasteiger charge is 2.42. The number of hydrogen-bond acceptors (Lipinski definition) is 4. The second-order valence-corrected chi connectivity index (χ2v) is 4.73. The number of amides is 1. The predicted octanol–water partition coefficient (Wildman–Crippen LogP) is 0.835. The van der Waals surface area contributed by atoms with Gasteiger partial charge in [-0.15, -0.1) is 0 Å². The highest BCUT2D eigenvalue weighted by Crippen LogP contribution is 2.40. The average Bonchev–Trinajstić information content (AvgIpc) is 2.36. The molecule has 0 saturated heterocycles. The Bertz CT molecular complexity index is 424. The van der Waals surface area contributed by atoms with Gasteiger partial charge >= 0.3 is 0 Å². The number of carbonyl (C=O) groups is 1. The smallest absolute Gasteiger partial charge is 0.227 e.